The van der Waals surface area contributed by atoms with E-state index in [1.807, 2.05) is 24.3 Å². The Hall–Kier alpha value is -8.39. The fraction of sp³-hybridized carbons (Fsp3) is 0. The van der Waals surface area contributed by atoms with Crippen LogP contribution in [0.15, 0.2) is 227 Å². The zero-order chi connectivity index (χ0) is 43.2. The van der Waals surface area contributed by atoms with Crippen LogP contribution in [-0.2, 0) is 10.2 Å². The SMILES string of the molecule is O=S1(=O)N=c2c(-c3ccc(-c4ccc5c(c4)c4ccccc4n5-c4ccccc4)cc3)c3ccccc3c(-c3ccc(-c4ccc5c(c4)c4ccccc4n5-c4ccccc4)cc3)c2=N1. The highest BCUT2D eigenvalue weighted by molar-refractivity contribution is 7.88. The summed E-state index contributed by atoms with van der Waals surface area (Å²) in [5.41, 5.74) is 14.4. The molecule has 6 nitrogen and oxygen atoms in total. The van der Waals surface area contributed by atoms with Crippen LogP contribution in [0.5, 0.6) is 0 Å². The van der Waals surface area contributed by atoms with Crippen molar-refractivity contribution in [3.05, 3.63) is 229 Å². The Balaban J connectivity index is 0.900. The molecule has 0 N–H and O–H groups in total. The normalized spacial score (nSPS) is 13.1. The predicted octanol–water partition coefficient (Wildman–Crippen LogP) is 13.2. The molecule has 0 fully saturated rings. The van der Waals surface area contributed by atoms with E-state index in [4.69, 9.17) is 0 Å². The summed E-state index contributed by atoms with van der Waals surface area (Å²) < 4.78 is 40.0. The van der Waals surface area contributed by atoms with Gasteiger partial charge in [-0.05, 0) is 105 Å². The average Bonchev–Trinajstić information content (AvgIpc) is 3.99. The molecular weight excluding hydrogens is 817 g/mol. The Morgan fingerprint density at radius 1 is 0.292 bits per heavy atom. The molecule has 0 unspecified atom stereocenters. The minimum atomic E-state index is -4.11. The minimum absolute atomic E-state index is 0.367. The Morgan fingerprint density at radius 3 is 1.03 bits per heavy atom. The summed E-state index contributed by atoms with van der Waals surface area (Å²) in [6.07, 6.45) is 0. The van der Waals surface area contributed by atoms with Gasteiger partial charge in [0.1, 0.15) is 10.7 Å². The van der Waals surface area contributed by atoms with Crippen molar-refractivity contribution in [3.63, 3.8) is 0 Å². The molecule has 0 bridgehead atoms. The lowest BCUT2D eigenvalue weighted by atomic mass is 9.89. The lowest BCUT2D eigenvalue weighted by Crippen LogP contribution is -2.27. The summed E-state index contributed by atoms with van der Waals surface area (Å²) in [4.78, 5) is 0. The molecule has 0 aliphatic carbocycles. The van der Waals surface area contributed by atoms with Crippen molar-refractivity contribution in [1.29, 1.82) is 0 Å². The molecule has 12 aromatic rings. The van der Waals surface area contributed by atoms with E-state index in [9.17, 15) is 8.42 Å². The van der Waals surface area contributed by atoms with Crippen molar-refractivity contribution in [2.45, 2.75) is 0 Å². The van der Waals surface area contributed by atoms with Gasteiger partial charge in [0.15, 0.2) is 0 Å². The Kier molecular flexibility index (Phi) is 8.19. The third-order valence-electron chi connectivity index (χ3n) is 13.0. The highest BCUT2D eigenvalue weighted by atomic mass is 32.2. The van der Waals surface area contributed by atoms with Crippen molar-refractivity contribution in [2.75, 3.05) is 0 Å². The lowest BCUT2D eigenvalue weighted by molar-refractivity contribution is 0.599. The maximum absolute atomic E-state index is 13.4. The molecule has 0 saturated heterocycles. The molecular formula is C58H36N4O2S. The fourth-order valence-corrected chi connectivity index (χ4v) is 11.0. The van der Waals surface area contributed by atoms with Crippen LogP contribution in [0.3, 0.4) is 0 Å². The van der Waals surface area contributed by atoms with Gasteiger partial charge in [-0.3, -0.25) is 0 Å². The number of nitrogens with zero attached hydrogens (tertiary/aromatic N) is 4. The summed E-state index contributed by atoms with van der Waals surface area (Å²) in [5, 5.41) is 7.29. The third-order valence-corrected chi connectivity index (χ3v) is 13.8. The second kappa shape index (κ2) is 14.3. The summed E-state index contributed by atoms with van der Waals surface area (Å²) >= 11 is 0. The number of fused-ring (bicyclic) bond motifs is 8. The number of benzene rings is 10. The first kappa shape index (κ1) is 37.2. The van der Waals surface area contributed by atoms with Gasteiger partial charge in [-0.15, -0.1) is 8.80 Å². The zero-order valence-corrected chi connectivity index (χ0v) is 35.6. The van der Waals surface area contributed by atoms with Crippen molar-refractivity contribution in [1.82, 2.24) is 9.13 Å². The number of para-hydroxylation sites is 4. The monoisotopic (exact) mass is 852 g/mol. The van der Waals surface area contributed by atoms with E-state index in [1.165, 1.54) is 21.5 Å². The molecule has 3 heterocycles. The number of rotatable bonds is 6. The van der Waals surface area contributed by atoms with E-state index < -0.39 is 10.2 Å². The van der Waals surface area contributed by atoms with Crippen LogP contribution < -0.4 is 10.7 Å². The number of aromatic nitrogens is 2. The fourth-order valence-electron chi connectivity index (χ4n) is 10.1. The van der Waals surface area contributed by atoms with Gasteiger partial charge >= 0.3 is 10.2 Å². The van der Waals surface area contributed by atoms with Crippen LogP contribution in [0.4, 0.5) is 0 Å². The largest absolute Gasteiger partial charge is 0.364 e. The molecule has 1 aliphatic heterocycles. The van der Waals surface area contributed by atoms with Gasteiger partial charge in [-0.25, -0.2) is 0 Å². The highest BCUT2D eigenvalue weighted by Crippen LogP contribution is 2.39. The van der Waals surface area contributed by atoms with Gasteiger partial charge < -0.3 is 9.13 Å². The Morgan fingerprint density at radius 2 is 0.615 bits per heavy atom. The molecule has 0 amide bonds. The molecule has 1 aliphatic rings. The molecule has 0 spiro atoms. The predicted molar refractivity (Wildman–Crippen MR) is 266 cm³/mol. The van der Waals surface area contributed by atoms with Crippen LogP contribution in [-0.4, -0.2) is 17.6 Å². The highest BCUT2D eigenvalue weighted by Gasteiger charge is 2.24. The van der Waals surface area contributed by atoms with Crippen molar-refractivity contribution in [3.8, 4) is 55.9 Å². The molecule has 0 atom stereocenters. The minimum Gasteiger partial charge on any atom is -0.309 e. The average molecular weight is 853 g/mol. The summed E-state index contributed by atoms with van der Waals surface area (Å²) in [6.45, 7) is 0. The van der Waals surface area contributed by atoms with E-state index in [0.29, 0.717) is 10.7 Å². The first-order valence-corrected chi connectivity index (χ1v) is 23.1. The Bertz CT molecular complexity index is 3890. The van der Waals surface area contributed by atoms with Crippen LogP contribution in [0.2, 0.25) is 0 Å². The zero-order valence-electron chi connectivity index (χ0n) is 34.8. The van der Waals surface area contributed by atoms with Crippen molar-refractivity contribution in [2.24, 2.45) is 8.80 Å². The van der Waals surface area contributed by atoms with E-state index in [2.05, 4.69) is 212 Å². The smallest absolute Gasteiger partial charge is 0.309 e. The van der Waals surface area contributed by atoms with Gasteiger partial charge in [0.25, 0.3) is 0 Å². The van der Waals surface area contributed by atoms with E-state index in [0.717, 1.165) is 88.7 Å². The van der Waals surface area contributed by atoms with Gasteiger partial charge in [-0.1, -0.05) is 158 Å². The second-order valence-electron chi connectivity index (χ2n) is 16.6. The topological polar surface area (TPSA) is 68.7 Å². The molecule has 2 aromatic heterocycles. The van der Waals surface area contributed by atoms with Crippen LogP contribution >= 0.6 is 0 Å². The van der Waals surface area contributed by atoms with Gasteiger partial charge in [-0.2, -0.15) is 8.42 Å². The maximum atomic E-state index is 13.4. The number of hydrogen-bond acceptors (Lipinski definition) is 2. The standard InChI is InChI=1S/C58H36N4O2S/c63-65(64)59-57-55(39-27-23-37(24-28-39)41-31-33-53-49(35-41)45-17-9-11-21-51(45)61(53)43-13-3-1-4-14-43)47-19-7-8-20-48(47)56(58(57)60-65)40-29-25-38(26-30-40)42-32-34-54-50(36-42)46-18-10-12-22-52(46)62(54)44-15-5-2-6-16-44/h1-36H. The van der Waals surface area contributed by atoms with Crippen LogP contribution in [0.1, 0.15) is 0 Å². The quantitative estimate of drug-likeness (QED) is 0.167. The molecule has 65 heavy (non-hydrogen) atoms. The van der Waals surface area contributed by atoms with E-state index in [-0.39, 0.29) is 0 Å². The van der Waals surface area contributed by atoms with Gasteiger partial charge in [0.05, 0.1) is 22.1 Å². The summed E-state index contributed by atoms with van der Waals surface area (Å²) in [5.74, 6) is 0. The molecule has 0 saturated carbocycles. The summed E-state index contributed by atoms with van der Waals surface area (Å²) in [7, 11) is -4.11. The second-order valence-corrected chi connectivity index (χ2v) is 17.9. The lowest BCUT2D eigenvalue weighted by Gasteiger charge is -2.13. The van der Waals surface area contributed by atoms with Crippen LogP contribution in [0, 0.1) is 0 Å². The molecule has 306 valence electrons. The summed E-state index contributed by atoms with van der Waals surface area (Å²) in [6, 6.07) is 76.1. The van der Waals surface area contributed by atoms with E-state index in [1.54, 1.807) is 0 Å². The molecule has 0 radical (unpaired) electrons. The molecule has 7 heteroatoms. The van der Waals surface area contributed by atoms with Gasteiger partial charge in [0.2, 0.25) is 0 Å². The first-order valence-electron chi connectivity index (χ1n) is 21.7. The molecule has 10 aromatic carbocycles. The van der Waals surface area contributed by atoms with E-state index >= 15 is 0 Å². The number of hydrogen-bond donors (Lipinski definition) is 0. The van der Waals surface area contributed by atoms with Gasteiger partial charge in [0, 0.05) is 44.0 Å². The maximum Gasteiger partial charge on any atom is 0.364 e. The van der Waals surface area contributed by atoms with Crippen molar-refractivity contribution < 1.29 is 8.42 Å². The molecule has 13 rings (SSSR count). The Labute approximate surface area is 374 Å². The third kappa shape index (κ3) is 5.90. The van der Waals surface area contributed by atoms with Crippen molar-refractivity contribution >= 4 is 64.6 Å². The van der Waals surface area contributed by atoms with Crippen LogP contribution in [0.25, 0.3) is 110 Å². The first-order chi connectivity index (χ1) is 32.0.